The number of guanidine groups is 1. The highest BCUT2D eigenvalue weighted by Crippen LogP contribution is 2.21. The van der Waals surface area contributed by atoms with Crippen LogP contribution in [0.15, 0.2) is 53.5 Å². The number of methoxy groups -OCH3 is 2. The molecular weight excluding hydrogens is 340 g/mol. The van der Waals surface area contributed by atoms with Gasteiger partial charge >= 0.3 is 0 Å². The highest BCUT2D eigenvalue weighted by atomic mass is 16.5. The Hall–Kier alpha value is -2.89. The maximum absolute atomic E-state index is 5.43. The molecule has 2 aromatic rings. The standard InChI is InChI=1S/C21H28N4O2/c1-22-21(23-16-17-6-4-5-7-20(17)27-3)25-14-12-24(13-15-25)18-8-10-19(26-2)11-9-18/h4-11H,12-16H2,1-3H3,(H,22,23). The fraction of sp³-hybridized carbons (Fsp3) is 0.381. The number of rotatable bonds is 5. The maximum atomic E-state index is 5.43. The van der Waals surface area contributed by atoms with Crippen molar-refractivity contribution in [3.05, 3.63) is 54.1 Å². The molecule has 0 amide bonds. The molecule has 0 saturated carbocycles. The molecule has 0 aromatic heterocycles. The van der Waals surface area contributed by atoms with Crippen molar-refractivity contribution < 1.29 is 9.47 Å². The van der Waals surface area contributed by atoms with Crippen molar-refractivity contribution in [1.29, 1.82) is 0 Å². The van der Waals surface area contributed by atoms with Crippen LogP contribution in [0.3, 0.4) is 0 Å². The van der Waals surface area contributed by atoms with Crippen molar-refractivity contribution in [2.75, 3.05) is 52.3 Å². The zero-order chi connectivity index (χ0) is 19.1. The molecule has 2 aromatic carbocycles. The molecule has 0 spiro atoms. The van der Waals surface area contributed by atoms with Crippen LogP contribution in [0.4, 0.5) is 5.69 Å². The zero-order valence-corrected chi connectivity index (χ0v) is 16.3. The van der Waals surface area contributed by atoms with E-state index in [0.717, 1.165) is 49.2 Å². The second kappa shape index (κ2) is 9.16. The molecule has 1 fully saturated rings. The van der Waals surface area contributed by atoms with Gasteiger partial charge in [0.05, 0.1) is 14.2 Å². The molecule has 1 N–H and O–H groups in total. The van der Waals surface area contributed by atoms with Gasteiger partial charge in [-0.1, -0.05) is 18.2 Å². The first kappa shape index (κ1) is 18.9. The smallest absolute Gasteiger partial charge is 0.194 e. The van der Waals surface area contributed by atoms with Gasteiger partial charge in [0, 0.05) is 51.0 Å². The van der Waals surface area contributed by atoms with E-state index in [1.165, 1.54) is 5.69 Å². The third kappa shape index (κ3) is 4.64. The third-order valence-corrected chi connectivity index (χ3v) is 4.86. The van der Waals surface area contributed by atoms with Gasteiger partial charge in [0.2, 0.25) is 0 Å². The van der Waals surface area contributed by atoms with Gasteiger partial charge < -0.3 is 24.6 Å². The number of hydrogen-bond donors (Lipinski definition) is 1. The van der Waals surface area contributed by atoms with Gasteiger partial charge in [-0.3, -0.25) is 4.99 Å². The van der Waals surface area contributed by atoms with Crippen LogP contribution in [-0.2, 0) is 6.54 Å². The summed E-state index contributed by atoms with van der Waals surface area (Å²) >= 11 is 0. The summed E-state index contributed by atoms with van der Waals surface area (Å²) in [5.41, 5.74) is 2.35. The van der Waals surface area contributed by atoms with Crippen molar-refractivity contribution in [3.63, 3.8) is 0 Å². The molecule has 0 bridgehead atoms. The van der Waals surface area contributed by atoms with Gasteiger partial charge in [-0.15, -0.1) is 0 Å². The minimum atomic E-state index is 0.690. The van der Waals surface area contributed by atoms with Gasteiger partial charge in [-0.25, -0.2) is 0 Å². The Balaban J connectivity index is 1.55. The number of aliphatic imine (C=N–C) groups is 1. The molecule has 3 rings (SSSR count). The number of benzene rings is 2. The second-order valence-corrected chi connectivity index (χ2v) is 6.38. The normalized spacial score (nSPS) is 14.9. The van der Waals surface area contributed by atoms with Gasteiger partial charge in [-0.2, -0.15) is 0 Å². The Morgan fingerprint density at radius 3 is 2.30 bits per heavy atom. The fourth-order valence-electron chi connectivity index (χ4n) is 3.33. The highest BCUT2D eigenvalue weighted by molar-refractivity contribution is 5.80. The van der Waals surface area contributed by atoms with Crippen molar-refractivity contribution in [2.24, 2.45) is 4.99 Å². The number of hydrogen-bond acceptors (Lipinski definition) is 4. The molecule has 1 heterocycles. The quantitative estimate of drug-likeness (QED) is 0.649. The third-order valence-electron chi connectivity index (χ3n) is 4.86. The Bertz CT molecular complexity index is 753. The minimum absolute atomic E-state index is 0.690. The van der Waals surface area contributed by atoms with Gasteiger partial charge in [0.1, 0.15) is 11.5 Å². The molecule has 27 heavy (non-hydrogen) atoms. The molecule has 1 saturated heterocycles. The van der Waals surface area contributed by atoms with E-state index in [4.69, 9.17) is 9.47 Å². The Morgan fingerprint density at radius 1 is 0.963 bits per heavy atom. The summed E-state index contributed by atoms with van der Waals surface area (Å²) in [6.45, 7) is 4.47. The fourth-order valence-corrected chi connectivity index (χ4v) is 3.33. The maximum Gasteiger partial charge on any atom is 0.194 e. The van der Waals surface area contributed by atoms with Crippen LogP contribution >= 0.6 is 0 Å². The predicted octanol–water partition coefficient (Wildman–Crippen LogP) is 2.60. The Labute approximate surface area is 161 Å². The lowest BCUT2D eigenvalue weighted by Crippen LogP contribution is -2.52. The topological polar surface area (TPSA) is 49.3 Å². The number of nitrogens with one attached hydrogen (secondary N) is 1. The Kier molecular flexibility index (Phi) is 6.41. The number of para-hydroxylation sites is 1. The van der Waals surface area contributed by atoms with E-state index in [2.05, 4.69) is 38.3 Å². The summed E-state index contributed by atoms with van der Waals surface area (Å²) in [4.78, 5) is 9.15. The van der Waals surface area contributed by atoms with E-state index in [9.17, 15) is 0 Å². The van der Waals surface area contributed by atoms with E-state index in [1.54, 1.807) is 14.2 Å². The van der Waals surface area contributed by atoms with Crippen LogP contribution in [0.1, 0.15) is 5.56 Å². The molecule has 0 unspecified atom stereocenters. The summed E-state index contributed by atoms with van der Waals surface area (Å²) < 4.78 is 10.7. The summed E-state index contributed by atoms with van der Waals surface area (Å²) in [5.74, 6) is 2.71. The SMILES string of the molecule is CN=C(NCc1ccccc1OC)N1CCN(c2ccc(OC)cc2)CC1. The number of ether oxygens (including phenoxy) is 2. The van der Waals surface area contributed by atoms with Crippen molar-refractivity contribution in [3.8, 4) is 11.5 Å². The lowest BCUT2D eigenvalue weighted by molar-refractivity contribution is 0.371. The highest BCUT2D eigenvalue weighted by Gasteiger charge is 2.20. The van der Waals surface area contributed by atoms with Crippen LogP contribution < -0.4 is 19.7 Å². The first-order valence-electron chi connectivity index (χ1n) is 9.21. The van der Waals surface area contributed by atoms with Crippen LogP contribution in [0.25, 0.3) is 0 Å². The van der Waals surface area contributed by atoms with Gasteiger partial charge in [0.25, 0.3) is 0 Å². The number of piperazine rings is 1. The van der Waals surface area contributed by atoms with Crippen LogP contribution in [0, 0.1) is 0 Å². The second-order valence-electron chi connectivity index (χ2n) is 6.38. The molecule has 1 aliphatic heterocycles. The average Bonchev–Trinajstić information content (AvgIpc) is 2.75. The predicted molar refractivity (Wildman–Crippen MR) is 110 cm³/mol. The summed E-state index contributed by atoms with van der Waals surface area (Å²) in [6, 6.07) is 16.3. The summed E-state index contributed by atoms with van der Waals surface area (Å²) in [6.07, 6.45) is 0. The average molecular weight is 368 g/mol. The first-order valence-corrected chi connectivity index (χ1v) is 9.21. The summed E-state index contributed by atoms with van der Waals surface area (Å²) in [5, 5.41) is 3.46. The van der Waals surface area contributed by atoms with E-state index < -0.39 is 0 Å². The Morgan fingerprint density at radius 2 is 1.67 bits per heavy atom. The molecule has 6 nitrogen and oxygen atoms in total. The summed E-state index contributed by atoms with van der Waals surface area (Å²) in [7, 11) is 5.23. The van der Waals surface area contributed by atoms with Crippen molar-refractivity contribution in [2.45, 2.75) is 6.54 Å². The van der Waals surface area contributed by atoms with Crippen LogP contribution in [0.5, 0.6) is 11.5 Å². The molecule has 0 atom stereocenters. The van der Waals surface area contributed by atoms with Crippen molar-refractivity contribution >= 4 is 11.6 Å². The lowest BCUT2D eigenvalue weighted by atomic mass is 10.2. The van der Waals surface area contributed by atoms with E-state index in [-0.39, 0.29) is 0 Å². The minimum Gasteiger partial charge on any atom is -0.497 e. The number of anilines is 1. The van der Waals surface area contributed by atoms with E-state index in [1.807, 2.05) is 37.4 Å². The first-order chi connectivity index (χ1) is 13.2. The van der Waals surface area contributed by atoms with Crippen LogP contribution in [-0.4, -0.2) is 58.3 Å². The van der Waals surface area contributed by atoms with Gasteiger partial charge in [-0.05, 0) is 30.3 Å². The molecule has 1 aliphatic rings. The van der Waals surface area contributed by atoms with Gasteiger partial charge in [0.15, 0.2) is 5.96 Å². The molecular formula is C21H28N4O2. The lowest BCUT2D eigenvalue weighted by Gasteiger charge is -2.37. The molecule has 6 heteroatoms. The molecule has 0 radical (unpaired) electrons. The van der Waals surface area contributed by atoms with Crippen LogP contribution in [0.2, 0.25) is 0 Å². The zero-order valence-electron chi connectivity index (χ0n) is 16.3. The monoisotopic (exact) mass is 368 g/mol. The molecule has 0 aliphatic carbocycles. The van der Waals surface area contributed by atoms with E-state index >= 15 is 0 Å². The van der Waals surface area contributed by atoms with Crippen molar-refractivity contribution in [1.82, 2.24) is 10.2 Å². The number of nitrogens with zero attached hydrogens (tertiary/aromatic N) is 3. The molecule has 144 valence electrons. The largest absolute Gasteiger partial charge is 0.497 e. The van der Waals surface area contributed by atoms with E-state index in [0.29, 0.717) is 6.54 Å².